The Hall–Kier alpha value is -1.82. The third-order valence-electron chi connectivity index (χ3n) is 2.33. The molecule has 0 bridgehead atoms. The van der Waals surface area contributed by atoms with Crippen LogP contribution < -0.4 is 9.47 Å². The lowest BCUT2D eigenvalue weighted by Crippen LogP contribution is -2.25. The van der Waals surface area contributed by atoms with Crippen LogP contribution in [0.4, 0.5) is 0 Å². The summed E-state index contributed by atoms with van der Waals surface area (Å²) in [6, 6.07) is 3.15. The second-order valence-corrected chi connectivity index (χ2v) is 3.80. The van der Waals surface area contributed by atoms with Gasteiger partial charge in [0.1, 0.15) is 0 Å². The zero-order valence-corrected chi connectivity index (χ0v) is 11.8. The first-order chi connectivity index (χ1) is 9.12. The van der Waals surface area contributed by atoms with Gasteiger partial charge in [0.15, 0.2) is 0 Å². The van der Waals surface area contributed by atoms with Crippen molar-refractivity contribution in [1.29, 1.82) is 0 Å². The molecule has 0 spiro atoms. The fourth-order valence-electron chi connectivity index (χ4n) is 1.37. The Kier molecular flexibility index (Phi) is 6.08. The van der Waals surface area contributed by atoms with Gasteiger partial charge < -0.3 is 9.47 Å². The van der Waals surface area contributed by atoms with Gasteiger partial charge in [0, 0.05) is 19.2 Å². The number of hydrogen-bond donors (Lipinski definition) is 0. The summed E-state index contributed by atoms with van der Waals surface area (Å²) < 4.78 is 10.8. The first-order valence-electron chi connectivity index (χ1n) is 6.22. The van der Waals surface area contributed by atoms with E-state index in [4.69, 9.17) is 14.3 Å². The molecule has 0 atom stereocenters. The minimum atomic E-state index is -0.285. The number of hydrogen-bond acceptors (Lipinski definition) is 5. The Balaban J connectivity index is 3.01. The topological polar surface area (TPSA) is 60.9 Å². The van der Waals surface area contributed by atoms with Crippen LogP contribution in [-0.2, 0) is 4.84 Å². The average Bonchev–Trinajstić information content (AvgIpc) is 2.43. The van der Waals surface area contributed by atoms with Gasteiger partial charge in [-0.25, -0.2) is 5.06 Å². The van der Waals surface area contributed by atoms with E-state index in [-0.39, 0.29) is 5.91 Å². The minimum Gasteiger partial charge on any atom is -0.478 e. The molecule has 0 fully saturated rings. The SMILES string of the molecule is CCCOc1cc(C(=O)N(C)OC)cc(OCC)n1. The van der Waals surface area contributed by atoms with Gasteiger partial charge in [-0.2, -0.15) is 4.98 Å². The van der Waals surface area contributed by atoms with Crippen LogP contribution in [0.1, 0.15) is 30.6 Å². The molecule has 0 N–H and O–H groups in total. The highest BCUT2D eigenvalue weighted by Crippen LogP contribution is 2.19. The number of ether oxygens (including phenoxy) is 2. The number of aromatic nitrogens is 1. The maximum atomic E-state index is 12.0. The number of rotatable bonds is 7. The molecule has 19 heavy (non-hydrogen) atoms. The number of nitrogens with zero attached hydrogens (tertiary/aromatic N) is 2. The zero-order valence-electron chi connectivity index (χ0n) is 11.8. The van der Waals surface area contributed by atoms with Crippen molar-refractivity contribution >= 4 is 5.91 Å². The molecule has 0 unspecified atom stereocenters. The maximum absolute atomic E-state index is 12.0. The minimum absolute atomic E-state index is 0.285. The summed E-state index contributed by atoms with van der Waals surface area (Å²) in [5.74, 6) is 0.455. The third kappa shape index (κ3) is 4.40. The van der Waals surface area contributed by atoms with Crippen molar-refractivity contribution in [2.75, 3.05) is 27.4 Å². The molecule has 1 aromatic rings. The van der Waals surface area contributed by atoms with Crippen LogP contribution in [0.15, 0.2) is 12.1 Å². The summed E-state index contributed by atoms with van der Waals surface area (Å²) in [6.07, 6.45) is 0.863. The van der Waals surface area contributed by atoms with E-state index in [0.717, 1.165) is 11.5 Å². The number of hydroxylamine groups is 2. The van der Waals surface area contributed by atoms with Gasteiger partial charge in [0.25, 0.3) is 5.91 Å². The van der Waals surface area contributed by atoms with E-state index in [2.05, 4.69) is 4.98 Å². The fourth-order valence-corrected chi connectivity index (χ4v) is 1.37. The van der Waals surface area contributed by atoms with Crippen LogP contribution in [0.2, 0.25) is 0 Å². The van der Waals surface area contributed by atoms with Crippen LogP contribution in [0.5, 0.6) is 11.8 Å². The first-order valence-corrected chi connectivity index (χ1v) is 6.22. The van der Waals surface area contributed by atoms with Crippen molar-refractivity contribution in [3.8, 4) is 11.8 Å². The van der Waals surface area contributed by atoms with Gasteiger partial charge in [0.2, 0.25) is 11.8 Å². The normalized spacial score (nSPS) is 10.1. The largest absolute Gasteiger partial charge is 0.478 e. The van der Waals surface area contributed by atoms with Crippen LogP contribution in [0, 0.1) is 0 Å². The molecule has 106 valence electrons. The van der Waals surface area contributed by atoms with Crippen molar-refractivity contribution in [3.63, 3.8) is 0 Å². The molecule has 0 aromatic carbocycles. The summed E-state index contributed by atoms with van der Waals surface area (Å²) in [7, 11) is 2.97. The molecule has 1 aromatic heterocycles. The Morgan fingerprint density at radius 2 is 1.89 bits per heavy atom. The molecule has 1 amide bonds. The summed E-state index contributed by atoms with van der Waals surface area (Å²) in [5.41, 5.74) is 0.411. The van der Waals surface area contributed by atoms with Crippen molar-refractivity contribution in [2.24, 2.45) is 0 Å². The van der Waals surface area contributed by atoms with Crippen LogP contribution in [-0.4, -0.2) is 43.3 Å². The molecule has 0 saturated heterocycles. The second kappa shape index (κ2) is 7.58. The van der Waals surface area contributed by atoms with Gasteiger partial charge in [-0.1, -0.05) is 6.92 Å². The van der Waals surface area contributed by atoms with Gasteiger partial charge >= 0.3 is 0 Å². The molecular weight excluding hydrogens is 248 g/mol. The van der Waals surface area contributed by atoms with E-state index in [1.54, 1.807) is 12.1 Å². The highest BCUT2D eigenvalue weighted by molar-refractivity contribution is 5.93. The lowest BCUT2D eigenvalue weighted by molar-refractivity contribution is -0.0757. The molecule has 6 heteroatoms. The van der Waals surface area contributed by atoms with Crippen molar-refractivity contribution in [2.45, 2.75) is 20.3 Å². The summed E-state index contributed by atoms with van der Waals surface area (Å²) >= 11 is 0. The van der Waals surface area contributed by atoms with Crippen LogP contribution >= 0.6 is 0 Å². The number of amides is 1. The molecule has 0 saturated carbocycles. The highest BCUT2D eigenvalue weighted by atomic mass is 16.7. The van der Waals surface area contributed by atoms with Crippen molar-refractivity contribution in [3.05, 3.63) is 17.7 Å². The monoisotopic (exact) mass is 268 g/mol. The molecule has 1 rings (SSSR count). The van der Waals surface area contributed by atoms with E-state index >= 15 is 0 Å². The van der Waals surface area contributed by atoms with Crippen LogP contribution in [0.25, 0.3) is 0 Å². The summed E-state index contributed by atoms with van der Waals surface area (Å²) in [5, 5.41) is 1.13. The van der Waals surface area contributed by atoms with Crippen molar-refractivity contribution < 1.29 is 19.1 Å². The Labute approximate surface area is 113 Å². The predicted molar refractivity (Wildman–Crippen MR) is 70.3 cm³/mol. The smallest absolute Gasteiger partial charge is 0.277 e. The molecule has 0 aliphatic rings. The Bertz CT molecular complexity index is 423. The average molecular weight is 268 g/mol. The quantitative estimate of drug-likeness (QED) is 0.707. The Morgan fingerprint density at radius 1 is 1.26 bits per heavy atom. The molecule has 1 heterocycles. The molecule has 6 nitrogen and oxygen atoms in total. The lowest BCUT2D eigenvalue weighted by atomic mass is 10.2. The number of carbonyl (C=O) groups excluding carboxylic acids is 1. The highest BCUT2D eigenvalue weighted by Gasteiger charge is 2.15. The predicted octanol–water partition coefficient (Wildman–Crippen LogP) is 1.90. The van der Waals surface area contributed by atoms with E-state index in [1.165, 1.54) is 14.2 Å². The number of pyridine rings is 1. The van der Waals surface area contributed by atoms with E-state index < -0.39 is 0 Å². The molecule has 0 aliphatic heterocycles. The maximum Gasteiger partial charge on any atom is 0.277 e. The molecular formula is C13H20N2O4. The third-order valence-corrected chi connectivity index (χ3v) is 2.33. The van der Waals surface area contributed by atoms with Crippen LogP contribution in [0.3, 0.4) is 0 Å². The molecule has 0 aliphatic carbocycles. The molecule has 0 radical (unpaired) electrons. The van der Waals surface area contributed by atoms with E-state index in [9.17, 15) is 4.79 Å². The number of carbonyl (C=O) groups is 1. The standard InChI is InChI=1S/C13H20N2O4/c1-5-7-19-12-9-10(13(16)15(3)17-4)8-11(14-12)18-6-2/h8-9H,5-7H2,1-4H3. The first kappa shape index (κ1) is 15.2. The van der Waals surface area contributed by atoms with E-state index in [1.807, 2.05) is 13.8 Å². The van der Waals surface area contributed by atoms with Crippen molar-refractivity contribution in [1.82, 2.24) is 10.0 Å². The fraction of sp³-hybridized carbons (Fsp3) is 0.538. The van der Waals surface area contributed by atoms with Gasteiger partial charge in [-0.3, -0.25) is 9.63 Å². The van der Waals surface area contributed by atoms with Gasteiger partial charge in [-0.15, -0.1) is 0 Å². The zero-order chi connectivity index (χ0) is 14.3. The second-order valence-electron chi connectivity index (χ2n) is 3.80. The lowest BCUT2D eigenvalue weighted by Gasteiger charge is -2.15. The van der Waals surface area contributed by atoms with Gasteiger partial charge in [0.05, 0.1) is 25.9 Å². The van der Waals surface area contributed by atoms with E-state index in [0.29, 0.717) is 30.5 Å². The van der Waals surface area contributed by atoms with Gasteiger partial charge in [-0.05, 0) is 13.3 Å². The Morgan fingerprint density at radius 3 is 2.42 bits per heavy atom. The summed E-state index contributed by atoms with van der Waals surface area (Å²) in [6.45, 7) is 4.86. The summed E-state index contributed by atoms with van der Waals surface area (Å²) in [4.78, 5) is 21.1.